The van der Waals surface area contributed by atoms with E-state index in [1.165, 1.54) is 32.2 Å². The molecule has 1 aliphatic heterocycles. The van der Waals surface area contributed by atoms with Crippen molar-refractivity contribution in [2.24, 2.45) is 0 Å². The molecule has 1 saturated carbocycles. The molecule has 1 atom stereocenters. The van der Waals surface area contributed by atoms with E-state index in [1.54, 1.807) is 0 Å². The molecule has 3 nitrogen and oxygen atoms in total. The van der Waals surface area contributed by atoms with E-state index in [4.69, 9.17) is 0 Å². The van der Waals surface area contributed by atoms with E-state index >= 15 is 0 Å². The predicted molar refractivity (Wildman–Crippen MR) is 57.3 cm³/mol. The molecule has 82 valence electrons. The van der Waals surface area contributed by atoms with Crippen LogP contribution in [0.15, 0.2) is 0 Å². The molecule has 0 aromatic rings. The molecule has 0 aromatic heterocycles. The minimum Gasteiger partial charge on any atom is -0.394 e. The Morgan fingerprint density at radius 2 is 2.07 bits per heavy atom. The highest BCUT2D eigenvalue weighted by Crippen LogP contribution is 2.29. The maximum atomic E-state index is 9.41. The van der Waals surface area contributed by atoms with Gasteiger partial charge in [0.05, 0.1) is 6.61 Å². The van der Waals surface area contributed by atoms with Gasteiger partial charge in [0.1, 0.15) is 0 Å². The summed E-state index contributed by atoms with van der Waals surface area (Å²) in [4.78, 5) is 0. The Morgan fingerprint density at radius 3 is 2.64 bits per heavy atom. The van der Waals surface area contributed by atoms with Gasteiger partial charge in [0, 0.05) is 18.1 Å². The van der Waals surface area contributed by atoms with Crippen molar-refractivity contribution < 1.29 is 5.11 Å². The Bertz CT molecular complexity index is 172. The molecule has 2 aliphatic rings. The van der Waals surface area contributed by atoms with Crippen molar-refractivity contribution in [3.8, 4) is 0 Å². The molecule has 3 N–H and O–H groups in total. The minimum absolute atomic E-state index is 0.0598. The number of nitrogens with one attached hydrogen (secondary N) is 2. The third-order valence-corrected chi connectivity index (χ3v) is 3.75. The molecule has 0 bridgehead atoms. The van der Waals surface area contributed by atoms with E-state index in [1.807, 2.05) is 0 Å². The summed E-state index contributed by atoms with van der Waals surface area (Å²) in [6.07, 6.45) is 7.43. The predicted octanol–water partition coefficient (Wildman–Crippen LogP) is 0.633. The molecular formula is C11H22N2O. The standard InChI is InChI=1S/C11H22N2O/c14-9-11(5-1-2-6-11)13-8-10-4-3-7-12-10/h10,12-14H,1-9H2. The average Bonchev–Trinajstić information content (AvgIpc) is 2.87. The third kappa shape index (κ3) is 2.27. The third-order valence-electron chi connectivity index (χ3n) is 3.75. The Kier molecular flexibility index (Phi) is 3.42. The molecule has 1 aliphatic carbocycles. The fourth-order valence-electron chi connectivity index (χ4n) is 2.71. The zero-order chi connectivity index (χ0) is 9.86. The van der Waals surface area contributed by atoms with E-state index in [2.05, 4.69) is 10.6 Å². The maximum absolute atomic E-state index is 9.41. The fraction of sp³-hybridized carbons (Fsp3) is 1.00. The van der Waals surface area contributed by atoms with E-state index < -0.39 is 0 Å². The second-order valence-corrected chi connectivity index (χ2v) is 4.82. The molecule has 2 fully saturated rings. The molecule has 1 heterocycles. The van der Waals surface area contributed by atoms with Gasteiger partial charge in [0.25, 0.3) is 0 Å². The highest BCUT2D eigenvalue weighted by molar-refractivity contribution is 4.93. The second-order valence-electron chi connectivity index (χ2n) is 4.82. The van der Waals surface area contributed by atoms with Gasteiger partial charge in [-0.2, -0.15) is 0 Å². The lowest BCUT2D eigenvalue weighted by Gasteiger charge is -2.29. The number of rotatable bonds is 4. The first-order valence-electron chi connectivity index (χ1n) is 5.94. The van der Waals surface area contributed by atoms with Gasteiger partial charge in [0.15, 0.2) is 0 Å². The Labute approximate surface area is 86.3 Å². The van der Waals surface area contributed by atoms with Crippen molar-refractivity contribution in [3.63, 3.8) is 0 Å². The molecule has 0 aromatic carbocycles. The zero-order valence-electron chi connectivity index (χ0n) is 8.89. The van der Waals surface area contributed by atoms with Crippen LogP contribution in [-0.4, -0.2) is 36.4 Å². The van der Waals surface area contributed by atoms with Crippen molar-refractivity contribution in [2.75, 3.05) is 19.7 Å². The van der Waals surface area contributed by atoms with Gasteiger partial charge in [0.2, 0.25) is 0 Å². The number of aliphatic hydroxyl groups is 1. The number of aliphatic hydroxyl groups excluding tert-OH is 1. The minimum atomic E-state index is 0.0598. The van der Waals surface area contributed by atoms with Crippen LogP contribution in [-0.2, 0) is 0 Å². The second kappa shape index (κ2) is 4.60. The van der Waals surface area contributed by atoms with Gasteiger partial charge >= 0.3 is 0 Å². The summed E-state index contributed by atoms with van der Waals surface area (Å²) in [6, 6.07) is 0.638. The highest BCUT2D eigenvalue weighted by atomic mass is 16.3. The summed E-state index contributed by atoms with van der Waals surface area (Å²) >= 11 is 0. The Balaban J connectivity index is 1.76. The van der Waals surface area contributed by atoms with Crippen LogP contribution >= 0.6 is 0 Å². The first-order chi connectivity index (χ1) is 6.85. The van der Waals surface area contributed by atoms with Crippen molar-refractivity contribution in [1.82, 2.24) is 10.6 Å². The number of hydrogen-bond donors (Lipinski definition) is 3. The summed E-state index contributed by atoms with van der Waals surface area (Å²) in [5, 5.41) is 16.5. The lowest BCUT2D eigenvalue weighted by atomic mass is 9.98. The van der Waals surface area contributed by atoms with E-state index in [-0.39, 0.29) is 5.54 Å². The lowest BCUT2D eigenvalue weighted by Crippen LogP contribution is -2.50. The SMILES string of the molecule is OCC1(NCC2CCCN2)CCCC1. The summed E-state index contributed by atoms with van der Waals surface area (Å²) < 4.78 is 0. The summed E-state index contributed by atoms with van der Waals surface area (Å²) in [7, 11) is 0. The topological polar surface area (TPSA) is 44.3 Å². The van der Waals surface area contributed by atoms with Crippen LogP contribution in [0.5, 0.6) is 0 Å². The lowest BCUT2D eigenvalue weighted by molar-refractivity contribution is 0.161. The smallest absolute Gasteiger partial charge is 0.0613 e. The molecule has 1 saturated heterocycles. The molecule has 1 unspecified atom stereocenters. The van der Waals surface area contributed by atoms with E-state index in [0.717, 1.165) is 19.4 Å². The largest absolute Gasteiger partial charge is 0.394 e. The van der Waals surface area contributed by atoms with Crippen LogP contribution < -0.4 is 10.6 Å². The van der Waals surface area contributed by atoms with E-state index in [0.29, 0.717) is 12.6 Å². The van der Waals surface area contributed by atoms with Crippen LogP contribution in [0.4, 0.5) is 0 Å². The first-order valence-corrected chi connectivity index (χ1v) is 5.94. The molecular weight excluding hydrogens is 176 g/mol. The molecule has 3 heteroatoms. The van der Waals surface area contributed by atoms with Crippen molar-refractivity contribution in [2.45, 2.75) is 50.1 Å². The molecule has 0 amide bonds. The Hall–Kier alpha value is -0.120. The quantitative estimate of drug-likeness (QED) is 0.621. The monoisotopic (exact) mass is 198 g/mol. The van der Waals surface area contributed by atoms with Gasteiger partial charge in [-0.05, 0) is 32.2 Å². The van der Waals surface area contributed by atoms with Gasteiger partial charge in [-0.1, -0.05) is 12.8 Å². The van der Waals surface area contributed by atoms with Crippen LogP contribution in [0.3, 0.4) is 0 Å². The average molecular weight is 198 g/mol. The zero-order valence-corrected chi connectivity index (χ0v) is 8.89. The highest BCUT2D eigenvalue weighted by Gasteiger charge is 2.33. The van der Waals surface area contributed by atoms with Crippen LogP contribution in [0.25, 0.3) is 0 Å². The fourth-order valence-corrected chi connectivity index (χ4v) is 2.71. The van der Waals surface area contributed by atoms with Crippen LogP contribution in [0.2, 0.25) is 0 Å². The maximum Gasteiger partial charge on any atom is 0.0613 e. The first kappa shape index (κ1) is 10.4. The van der Waals surface area contributed by atoms with Crippen molar-refractivity contribution in [3.05, 3.63) is 0 Å². The summed E-state index contributed by atoms with van der Waals surface area (Å²) in [5.41, 5.74) is 0.0598. The summed E-state index contributed by atoms with van der Waals surface area (Å²) in [6.45, 7) is 2.50. The van der Waals surface area contributed by atoms with Crippen LogP contribution in [0, 0.1) is 0 Å². The van der Waals surface area contributed by atoms with Gasteiger partial charge in [-0.25, -0.2) is 0 Å². The van der Waals surface area contributed by atoms with Gasteiger partial charge in [-0.3, -0.25) is 0 Å². The van der Waals surface area contributed by atoms with Crippen LogP contribution in [0.1, 0.15) is 38.5 Å². The Morgan fingerprint density at radius 1 is 1.29 bits per heavy atom. The summed E-state index contributed by atoms with van der Waals surface area (Å²) in [5.74, 6) is 0. The van der Waals surface area contributed by atoms with Crippen molar-refractivity contribution >= 4 is 0 Å². The van der Waals surface area contributed by atoms with E-state index in [9.17, 15) is 5.11 Å². The molecule has 14 heavy (non-hydrogen) atoms. The van der Waals surface area contributed by atoms with Crippen molar-refractivity contribution in [1.29, 1.82) is 0 Å². The molecule has 2 rings (SSSR count). The number of hydrogen-bond acceptors (Lipinski definition) is 3. The normalized spacial score (nSPS) is 31.1. The molecule has 0 spiro atoms. The molecule has 0 radical (unpaired) electrons. The van der Waals surface area contributed by atoms with Gasteiger partial charge < -0.3 is 15.7 Å². The van der Waals surface area contributed by atoms with Gasteiger partial charge in [-0.15, -0.1) is 0 Å².